The van der Waals surface area contributed by atoms with E-state index in [1.807, 2.05) is 0 Å². The molecule has 0 fully saturated rings. The quantitative estimate of drug-likeness (QED) is 0.181. The van der Waals surface area contributed by atoms with Crippen LogP contribution >= 0.6 is 0 Å². The van der Waals surface area contributed by atoms with Crippen LogP contribution in [0.1, 0.15) is 80.3 Å². The van der Waals surface area contributed by atoms with Gasteiger partial charge in [0.25, 0.3) is 0 Å². The summed E-state index contributed by atoms with van der Waals surface area (Å²) < 4.78 is 0. The average molecular weight is 639 g/mol. The number of rotatable bonds is 4. The Labute approximate surface area is 292 Å². The highest BCUT2D eigenvalue weighted by Gasteiger charge is 2.41. The lowest BCUT2D eigenvalue weighted by atomic mass is 9.76. The van der Waals surface area contributed by atoms with Gasteiger partial charge in [-0.2, -0.15) is 0 Å². The van der Waals surface area contributed by atoms with Crippen LogP contribution < -0.4 is 9.80 Å². The third kappa shape index (κ3) is 5.07. The lowest BCUT2D eigenvalue weighted by Crippen LogP contribution is -2.45. The molecule has 2 aliphatic carbocycles. The molecule has 9 rings (SSSR count). The summed E-state index contributed by atoms with van der Waals surface area (Å²) in [6.07, 6.45) is 15.3. The molecule has 3 atom stereocenters. The maximum absolute atomic E-state index is 2.70. The molecule has 49 heavy (non-hydrogen) atoms. The number of aryl methyl sites for hydroxylation is 2. The zero-order chi connectivity index (χ0) is 33.3. The van der Waals surface area contributed by atoms with E-state index in [9.17, 15) is 0 Å². The van der Waals surface area contributed by atoms with E-state index in [4.69, 9.17) is 0 Å². The number of hydrogen-bond acceptors (Lipinski definition) is 2. The van der Waals surface area contributed by atoms with Gasteiger partial charge in [-0.25, -0.2) is 0 Å². The Kier molecular flexibility index (Phi) is 7.20. The van der Waals surface area contributed by atoms with Crippen molar-refractivity contribution in [3.05, 3.63) is 154 Å². The van der Waals surface area contributed by atoms with E-state index in [0.717, 1.165) is 12.8 Å². The summed E-state index contributed by atoms with van der Waals surface area (Å²) >= 11 is 0. The van der Waals surface area contributed by atoms with E-state index < -0.39 is 0 Å². The first-order chi connectivity index (χ1) is 23.8. The molecule has 2 heteroatoms. The Balaban J connectivity index is 0.952. The molecule has 0 saturated carbocycles. The monoisotopic (exact) mass is 638 g/mol. The van der Waals surface area contributed by atoms with Crippen LogP contribution in [-0.4, -0.2) is 18.1 Å². The molecule has 2 nitrogen and oxygen atoms in total. The van der Waals surface area contributed by atoms with Gasteiger partial charge in [-0.1, -0.05) is 111 Å². The van der Waals surface area contributed by atoms with Crippen molar-refractivity contribution >= 4 is 45.6 Å². The minimum absolute atomic E-state index is 0.00307. The summed E-state index contributed by atoms with van der Waals surface area (Å²) in [4.78, 5) is 5.22. The van der Waals surface area contributed by atoms with Crippen molar-refractivity contribution in [1.82, 2.24) is 0 Å². The van der Waals surface area contributed by atoms with Crippen molar-refractivity contribution in [1.29, 1.82) is 0 Å². The van der Waals surface area contributed by atoms with Crippen molar-refractivity contribution < 1.29 is 0 Å². The summed E-state index contributed by atoms with van der Waals surface area (Å²) in [6.45, 7) is 9.63. The maximum Gasteiger partial charge on any atom is 0.0517 e. The summed E-state index contributed by atoms with van der Waals surface area (Å²) in [6, 6.07) is 40.3. The normalized spacial score (nSPS) is 22.3. The van der Waals surface area contributed by atoms with E-state index in [2.05, 4.69) is 165 Å². The lowest BCUT2D eigenvalue weighted by Gasteiger charge is -2.44. The summed E-state index contributed by atoms with van der Waals surface area (Å²) in [5.41, 5.74) is 15.4. The molecular weight excluding hydrogens is 593 g/mol. The van der Waals surface area contributed by atoms with E-state index in [1.165, 1.54) is 86.1 Å². The van der Waals surface area contributed by atoms with Gasteiger partial charge >= 0.3 is 0 Å². The second-order valence-corrected chi connectivity index (χ2v) is 15.4. The van der Waals surface area contributed by atoms with Gasteiger partial charge in [0.05, 0.1) is 6.04 Å². The van der Waals surface area contributed by atoms with Crippen LogP contribution in [-0.2, 0) is 18.3 Å². The lowest BCUT2D eigenvalue weighted by molar-refractivity contribution is 0.499. The first kappa shape index (κ1) is 30.3. The number of benzene rings is 5. The third-order valence-corrected chi connectivity index (χ3v) is 12.0. The number of allylic oxidation sites excluding steroid dienone is 2. The van der Waals surface area contributed by atoms with Crippen LogP contribution in [0.25, 0.3) is 28.5 Å². The molecule has 3 unspecified atom stereocenters. The molecule has 0 amide bonds. The molecule has 5 aromatic carbocycles. The Bertz CT molecular complexity index is 2200. The summed E-state index contributed by atoms with van der Waals surface area (Å²) in [7, 11) is 0. The van der Waals surface area contributed by atoms with Crippen LogP contribution in [0.5, 0.6) is 0 Å². The SMILES string of the molecule is CC1CCc2ccccc2N1c1ccc2cc(C=Cc3ccc4c(c3)C(C)(C)C3=C4C=CC(N4c5ccccc5CCC4C)C3)ccc2c1. The molecule has 0 aromatic heterocycles. The highest BCUT2D eigenvalue weighted by molar-refractivity contribution is 5.91. The van der Waals surface area contributed by atoms with Gasteiger partial charge in [-0.05, 0) is 132 Å². The molecule has 0 radical (unpaired) electrons. The van der Waals surface area contributed by atoms with Crippen LogP contribution in [0.15, 0.2) is 121 Å². The van der Waals surface area contributed by atoms with E-state index >= 15 is 0 Å². The average Bonchev–Trinajstić information content (AvgIpc) is 3.35. The van der Waals surface area contributed by atoms with Crippen LogP contribution in [0.4, 0.5) is 17.1 Å². The third-order valence-electron chi connectivity index (χ3n) is 12.0. The number of hydrogen-bond donors (Lipinski definition) is 0. The van der Waals surface area contributed by atoms with Gasteiger partial charge in [0.15, 0.2) is 0 Å². The molecule has 2 aliphatic heterocycles. The largest absolute Gasteiger partial charge is 0.362 e. The predicted octanol–water partition coefficient (Wildman–Crippen LogP) is 11.7. The van der Waals surface area contributed by atoms with Crippen molar-refractivity contribution in [3.8, 4) is 0 Å². The zero-order valence-electron chi connectivity index (χ0n) is 29.3. The van der Waals surface area contributed by atoms with Gasteiger partial charge in [0, 0.05) is 34.6 Å². The number of anilines is 3. The Morgan fingerprint density at radius 1 is 0.673 bits per heavy atom. The van der Waals surface area contributed by atoms with Gasteiger partial charge in [0.1, 0.15) is 0 Å². The van der Waals surface area contributed by atoms with Crippen LogP contribution in [0.3, 0.4) is 0 Å². The molecule has 0 spiro atoms. The minimum atomic E-state index is 0.00307. The zero-order valence-corrected chi connectivity index (χ0v) is 29.3. The fourth-order valence-corrected chi connectivity index (χ4v) is 9.31. The summed E-state index contributed by atoms with van der Waals surface area (Å²) in [5, 5.41) is 2.57. The van der Waals surface area contributed by atoms with E-state index in [-0.39, 0.29) is 5.41 Å². The van der Waals surface area contributed by atoms with Crippen molar-refractivity contribution in [2.45, 2.75) is 83.3 Å². The number of nitrogens with zero attached hydrogens (tertiary/aromatic N) is 2. The molecule has 0 N–H and O–H groups in total. The molecule has 4 aliphatic rings. The standard InChI is InChI=1S/C47H46N2/c1-31-13-19-35-9-5-7-11-45(35)48(31)39-23-22-37-27-33(17-21-38(37)29-39)15-16-34-18-25-41-42-26-24-40(30-44(42)47(3,4)43(41)28-34)49-32(2)14-20-36-10-6-8-12-46(36)49/h5-12,15-18,21-29,31-32,40H,13-14,19-20,30H2,1-4H3. The second-order valence-electron chi connectivity index (χ2n) is 15.4. The van der Waals surface area contributed by atoms with E-state index in [1.54, 1.807) is 5.57 Å². The van der Waals surface area contributed by atoms with Gasteiger partial charge in [-0.3, -0.25) is 0 Å². The molecule has 0 bridgehead atoms. The van der Waals surface area contributed by atoms with Crippen molar-refractivity contribution in [2.24, 2.45) is 0 Å². The van der Waals surface area contributed by atoms with Crippen LogP contribution in [0, 0.1) is 0 Å². The molecule has 244 valence electrons. The molecular formula is C47H46N2. The number of para-hydroxylation sites is 2. The number of fused-ring (bicyclic) bond motifs is 5. The van der Waals surface area contributed by atoms with Crippen molar-refractivity contribution in [3.63, 3.8) is 0 Å². The predicted molar refractivity (Wildman–Crippen MR) is 210 cm³/mol. The fraction of sp³-hybridized carbons (Fsp3) is 0.277. The summed E-state index contributed by atoms with van der Waals surface area (Å²) in [5.74, 6) is 0. The smallest absolute Gasteiger partial charge is 0.0517 e. The fourth-order valence-electron chi connectivity index (χ4n) is 9.31. The van der Waals surface area contributed by atoms with Gasteiger partial charge < -0.3 is 9.80 Å². The van der Waals surface area contributed by atoms with Gasteiger partial charge in [-0.15, -0.1) is 0 Å². The Hall–Kier alpha value is -4.82. The molecule has 0 saturated heterocycles. The van der Waals surface area contributed by atoms with Crippen molar-refractivity contribution in [2.75, 3.05) is 9.80 Å². The minimum Gasteiger partial charge on any atom is -0.362 e. The van der Waals surface area contributed by atoms with Crippen LogP contribution in [0.2, 0.25) is 0 Å². The topological polar surface area (TPSA) is 6.48 Å². The highest BCUT2D eigenvalue weighted by atomic mass is 15.2. The Morgan fingerprint density at radius 2 is 1.33 bits per heavy atom. The maximum atomic E-state index is 2.70. The van der Waals surface area contributed by atoms with Gasteiger partial charge in [0.2, 0.25) is 0 Å². The molecule has 5 aromatic rings. The first-order valence-corrected chi connectivity index (χ1v) is 18.4. The molecule has 2 heterocycles. The second kappa shape index (κ2) is 11.7. The highest BCUT2D eigenvalue weighted by Crippen LogP contribution is 2.51. The Morgan fingerprint density at radius 3 is 2.14 bits per heavy atom. The van der Waals surface area contributed by atoms with E-state index in [0.29, 0.717) is 18.1 Å². The first-order valence-electron chi connectivity index (χ1n) is 18.4.